The standard InChI is InChI=1S/C36H52N6O8/c1-7-21(4)29-35(48)42-18-12-16-27(42)34(47)41-17-11-15-26(41)32(45)38-25(19-24-13-9-8-10-14-24)31(44)39-28(20(2)3)36(49)50-22(5)30(33(46)40-29)37-23(6)43/h8-10,13-14,20-22,25-30H,7,11-12,15-19H2,1-6H3,(H,37,43)(H,38,45)(H,39,44)(H,40,46). The molecule has 0 aliphatic carbocycles. The fourth-order valence-corrected chi connectivity index (χ4v) is 6.90. The zero-order valence-corrected chi connectivity index (χ0v) is 29.9. The van der Waals surface area contributed by atoms with Gasteiger partial charge in [-0.2, -0.15) is 0 Å². The van der Waals surface area contributed by atoms with E-state index in [9.17, 15) is 33.6 Å². The van der Waals surface area contributed by atoms with Crippen LogP contribution in [0.5, 0.6) is 0 Å². The molecule has 0 aromatic heterocycles. The molecule has 274 valence electrons. The van der Waals surface area contributed by atoms with Crippen molar-refractivity contribution >= 4 is 41.4 Å². The molecule has 3 fully saturated rings. The highest BCUT2D eigenvalue weighted by Crippen LogP contribution is 2.27. The Hall–Kier alpha value is -4.49. The van der Waals surface area contributed by atoms with Gasteiger partial charge in [0.15, 0.2) is 0 Å². The molecule has 8 atom stereocenters. The number of fused-ring (bicyclic) bond motifs is 2. The van der Waals surface area contributed by atoms with Crippen molar-refractivity contribution in [3.63, 3.8) is 0 Å². The highest BCUT2D eigenvalue weighted by Gasteiger charge is 2.45. The first kappa shape index (κ1) is 38.3. The maximum atomic E-state index is 14.2. The van der Waals surface area contributed by atoms with E-state index in [2.05, 4.69) is 21.3 Å². The van der Waals surface area contributed by atoms with E-state index in [1.165, 1.54) is 23.6 Å². The molecule has 3 saturated heterocycles. The summed E-state index contributed by atoms with van der Waals surface area (Å²) in [5.41, 5.74) is 0.767. The number of hydrogen-bond acceptors (Lipinski definition) is 8. The van der Waals surface area contributed by atoms with E-state index in [1.54, 1.807) is 13.8 Å². The van der Waals surface area contributed by atoms with E-state index in [1.807, 2.05) is 44.2 Å². The van der Waals surface area contributed by atoms with Crippen LogP contribution < -0.4 is 21.3 Å². The first-order chi connectivity index (χ1) is 23.7. The normalized spacial score (nSPS) is 29.5. The van der Waals surface area contributed by atoms with Crippen LogP contribution in [0.25, 0.3) is 0 Å². The van der Waals surface area contributed by atoms with Gasteiger partial charge in [0.25, 0.3) is 0 Å². The first-order valence-corrected chi connectivity index (χ1v) is 17.8. The van der Waals surface area contributed by atoms with Gasteiger partial charge in [0.2, 0.25) is 35.4 Å². The van der Waals surface area contributed by atoms with Crippen LogP contribution in [0.15, 0.2) is 30.3 Å². The van der Waals surface area contributed by atoms with Crippen molar-refractivity contribution in [1.29, 1.82) is 0 Å². The Balaban J connectivity index is 1.76. The molecule has 0 spiro atoms. The Labute approximate surface area is 293 Å². The number of nitrogens with zero attached hydrogens (tertiary/aromatic N) is 2. The molecule has 14 heteroatoms. The van der Waals surface area contributed by atoms with E-state index in [-0.39, 0.29) is 18.2 Å². The van der Waals surface area contributed by atoms with Gasteiger partial charge in [-0.25, -0.2) is 4.79 Å². The average molecular weight is 697 g/mol. The fraction of sp³-hybridized carbons (Fsp3) is 0.639. The van der Waals surface area contributed by atoms with Gasteiger partial charge < -0.3 is 35.8 Å². The summed E-state index contributed by atoms with van der Waals surface area (Å²) in [5, 5.41) is 10.9. The lowest BCUT2D eigenvalue weighted by Crippen LogP contribution is -2.61. The predicted octanol–water partition coefficient (Wildman–Crippen LogP) is 0.818. The zero-order valence-electron chi connectivity index (χ0n) is 29.9. The summed E-state index contributed by atoms with van der Waals surface area (Å²) < 4.78 is 5.72. The van der Waals surface area contributed by atoms with Gasteiger partial charge >= 0.3 is 5.97 Å². The fourth-order valence-electron chi connectivity index (χ4n) is 6.90. The van der Waals surface area contributed by atoms with Crippen molar-refractivity contribution in [3.05, 3.63) is 35.9 Å². The van der Waals surface area contributed by atoms with Crippen molar-refractivity contribution in [2.45, 2.75) is 122 Å². The molecule has 3 aliphatic heterocycles. The molecular formula is C36H52N6O8. The number of amides is 6. The Bertz CT molecular complexity index is 1440. The Morgan fingerprint density at radius 3 is 2.04 bits per heavy atom. The van der Waals surface area contributed by atoms with E-state index in [0.29, 0.717) is 45.2 Å². The Kier molecular flexibility index (Phi) is 13.0. The van der Waals surface area contributed by atoms with Crippen molar-refractivity contribution in [2.75, 3.05) is 13.1 Å². The number of benzene rings is 1. The number of esters is 1. The first-order valence-electron chi connectivity index (χ1n) is 17.8. The summed E-state index contributed by atoms with van der Waals surface area (Å²) >= 11 is 0. The number of ether oxygens (including phenoxy) is 1. The molecule has 8 unspecified atom stereocenters. The maximum absolute atomic E-state index is 14.2. The van der Waals surface area contributed by atoms with E-state index < -0.39 is 83.8 Å². The lowest BCUT2D eigenvalue weighted by molar-refractivity contribution is -0.157. The number of carbonyl (C=O) groups excluding carboxylic acids is 7. The molecule has 0 radical (unpaired) electrons. The SMILES string of the molecule is CCC(C)C1NC(=O)C(NC(C)=O)C(C)OC(=O)C(C(C)C)NC(=O)C(Cc2ccccc2)NC(=O)C2CCCN2C(=O)C2CCCN2C1=O. The van der Waals surface area contributed by atoms with Crippen molar-refractivity contribution in [2.24, 2.45) is 11.8 Å². The van der Waals surface area contributed by atoms with Crippen molar-refractivity contribution in [3.8, 4) is 0 Å². The minimum Gasteiger partial charge on any atom is -0.458 e. The monoisotopic (exact) mass is 696 g/mol. The second kappa shape index (κ2) is 16.9. The third kappa shape index (κ3) is 8.99. The molecule has 50 heavy (non-hydrogen) atoms. The average Bonchev–Trinajstić information content (AvgIpc) is 3.78. The van der Waals surface area contributed by atoms with Gasteiger partial charge in [-0.1, -0.05) is 64.4 Å². The largest absolute Gasteiger partial charge is 0.458 e. The van der Waals surface area contributed by atoms with E-state index in [4.69, 9.17) is 4.74 Å². The summed E-state index contributed by atoms with van der Waals surface area (Å²) in [7, 11) is 0. The zero-order chi connectivity index (χ0) is 36.7. The van der Waals surface area contributed by atoms with Crippen LogP contribution in [0.3, 0.4) is 0 Å². The summed E-state index contributed by atoms with van der Waals surface area (Å²) in [4.78, 5) is 98.8. The predicted molar refractivity (Wildman–Crippen MR) is 183 cm³/mol. The lowest BCUT2D eigenvalue weighted by Gasteiger charge is -2.35. The minimum atomic E-state index is -1.37. The molecule has 4 rings (SSSR count). The molecule has 0 saturated carbocycles. The van der Waals surface area contributed by atoms with Gasteiger partial charge in [-0.3, -0.25) is 28.8 Å². The van der Waals surface area contributed by atoms with Crippen molar-refractivity contribution < 1.29 is 38.3 Å². The van der Waals surface area contributed by atoms with Crippen LogP contribution in [-0.2, 0) is 44.7 Å². The van der Waals surface area contributed by atoms with Crippen LogP contribution >= 0.6 is 0 Å². The molecule has 3 heterocycles. The molecule has 1 aromatic rings. The van der Waals surface area contributed by atoms with Gasteiger partial charge in [0, 0.05) is 26.4 Å². The quantitative estimate of drug-likeness (QED) is 0.315. The summed E-state index contributed by atoms with van der Waals surface area (Å²) in [5.74, 6) is -4.86. The summed E-state index contributed by atoms with van der Waals surface area (Å²) in [6, 6.07) is 2.73. The summed E-state index contributed by atoms with van der Waals surface area (Å²) in [6.07, 6.45) is 1.34. The molecule has 1 aromatic carbocycles. The Morgan fingerprint density at radius 1 is 0.840 bits per heavy atom. The highest BCUT2D eigenvalue weighted by atomic mass is 16.5. The second-order valence-electron chi connectivity index (χ2n) is 14.1. The number of nitrogens with one attached hydrogen (secondary N) is 4. The van der Waals surface area contributed by atoms with Crippen LogP contribution in [-0.4, -0.2) is 107 Å². The van der Waals surface area contributed by atoms with E-state index in [0.717, 1.165) is 5.56 Å². The highest BCUT2D eigenvalue weighted by molar-refractivity contribution is 5.98. The molecule has 4 N–H and O–H groups in total. The third-order valence-electron chi connectivity index (χ3n) is 9.98. The van der Waals surface area contributed by atoms with Gasteiger partial charge in [0.1, 0.15) is 42.4 Å². The van der Waals surface area contributed by atoms with Gasteiger partial charge in [-0.05, 0) is 50.0 Å². The number of cyclic esters (lactones) is 1. The lowest BCUT2D eigenvalue weighted by atomic mass is 9.96. The molecule has 0 bridgehead atoms. The molecule has 3 aliphatic rings. The van der Waals surface area contributed by atoms with Crippen LogP contribution in [0.2, 0.25) is 0 Å². The van der Waals surface area contributed by atoms with Gasteiger partial charge in [-0.15, -0.1) is 0 Å². The Morgan fingerprint density at radius 2 is 1.44 bits per heavy atom. The van der Waals surface area contributed by atoms with Crippen LogP contribution in [0.1, 0.15) is 79.2 Å². The van der Waals surface area contributed by atoms with Crippen LogP contribution in [0.4, 0.5) is 0 Å². The van der Waals surface area contributed by atoms with Crippen LogP contribution in [0, 0.1) is 11.8 Å². The maximum Gasteiger partial charge on any atom is 0.329 e. The number of hydrogen-bond donors (Lipinski definition) is 4. The summed E-state index contributed by atoms with van der Waals surface area (Å²) in [6.45, 7) is 10.4. The second-order valence-corrected chi connectivity index (χ2v) is 14.1. The smallest absolute Gasteiger partial charge is 0.329 e. The van der Waals surface area contributed by atoms with E-state index >= 15 is 0 Å². The molecule has 6 amide bonds. The molecule has 14 nitrogen and oxygen atoms in total. The minimum absolute atomic E-state index is 0.113. The number of rotatable bonds is 6. The number of carbonyl (C=O) groups is 7. The molecular weight excluding hydrogens is 644 g/mol. The van der Waals surface area contributed by atoms with Gasteiger partial charge in [0.05, 0.1) is 0 Å². The third-order valence-corrected chi connectivity index (χ3v) is 9.98. The topological polar surface area (TPSA) is 183 Å². The van der Waals surface area contributed by atoms with Crippen molar-refractivity contribution in [1.82, 2.24) is 31.1 Å².